The first-order valence-corrected chi connectivity index (χ1v) is 5.87. The molecule has 0 unspecified atom stereocenters. The van der Waals surface area contributed by atoms with Gasteiger partial charge in [0.25, 0.3) is 5.91 Å². The molecular formula is C15H14N2O2. The number of carbonyl (C=O) groups excluding carboxylic acids is 1. The summed E-state index contributed by atoms with van der Waals surface area (Å²) in [5.74, 6) is -0.196. The molecule has 1 amide bonds. The molecule has 0 saturated carbocycles. The third kappa shape index (κ3) is 2.98. The van der Waals surface area contributed by atoms with Crippen LogP contribution in [0.15, 0.2) is 59.8 Å². The highest BCUT2D eigenvalue weighted by atomic mass is 16.4. The van der Waals surface area contributed by atoms with E-state index in [2.05, 4.69) is 10.5 Å². The first-order chi connectivity index (χ1) is 9.22. The average Bonchev–Trinajstić information content (AvgIpc) is 2.48. The van der Waals surface area contributed by atoms with Crippen LogP contribution in [0.5, 0.6) is 0 Å². The minimum Gasteiger partial charge on any atom is -0.411 e. The van der Waals surface area contributed by atoms with Gasteiger partial charge in [0.1, 0.15) is 0 Å². The maximum Gasteiger partial charge on any atom is 0.255 e. The molecule has 0 aromatic heterocycles. The number of anilines is 1. The minimum absolute atomic E-state index is 0.196. The van der Waals surface area contributed by atoms with Crippen LogP contribution in [0.2, 0.25) is 0 Å². The molecule has 4 nitrogen and oxygen atoms in total. The van der Waals surface area contributed by atoms with Crippen LogP contribution in [0.4, 0.5) is 5.69 Å². The number of nitrogens with zero attached hydrogens (tertiary/aromatic N) is 1. The van der Waals surface area contributed by atoms with Crippen molar-refractivity contribution in [2.24, 2.45) is 5.16 Å². The van der Waals surface area contributed by atoms with Crippen LogP contribution in [-0.2, 0) is 0 Å². The van der Waals surface area contributed by atoms with Gasteiger partial charge >= 0.3 is 0 Å². The predicted octanol–water partition coefficient (Wildman–Crippen LogP) is 3.14. The minimum atomic E-state index is -0.196. The summed E-state index contributed by atoms with van der Waals surface area (Å²) in [6.45, 7) is 1.67. The van der Waals surface area contributed by atoms with E-state index in [1.807, 2.05) is 18.2 Å². The topological polar surface area (TPSA) is 61.7 Å². The number of rotatable bonds is 3. The molecule has 0 bridgehead atoms. The highest BCUT2D eigenvalue weighted by Gasteiger charge is 2.10. The number of carbonyl (C=O) groups is 1. The fourth-order valence-corrected chi connectivity index (χ4v) is 1.75. The number of oxime groups is 1. The van der Waals surface area contributed by atoms with E-state index in [9.17, 15) is 4.79 Å². The fraction of sp³-hybridized carbons (Fsp3) is 0.0667. The van der Waals surface area contributed by atoms with Crippen LogP contribution in [0.1, 0.15) is 22.8 Å². The lowest BCUT2D eigenvalue weighted by Gasteiger charge is -2.10. The molecule has 4 heteroatoms. The van der Waals surface area contributed by atoms with Crippen LogP contribution in [-0.4, -0.2) is 16.8 Å². The number of hydrogen-bond acceptors (Lipinski definition) is 3. The van der Waals surface area contributed by atoms with Crippen molar-refractivity contribution in [3.8, 4) is 0 Å². The summed E-state index contributed by atoms with van der Waals surface area (Å²) < 4.78 is 0. The van der Waals surface area contributed by atoms with Gasteiger partial charge in [-0.05, 0) is 25.1 Å². The molecule has 19 heavy (non-hydrogen) atoms. The lowest BCUT2D eigenvalue weighted by atomic mass is 10.1. The largest absolute Gasteiger partial charge is 0.411 e. The van der Waals surface area contributed by atoms with E-state index in [1.54, 1.807) is 43.3 Å². The van der Waals surface area contributed by atoms with Crippen molar-refractivity contribution in [3.05, 3.63) is 65.7 Å². The van der Waals surface area contributed by atoms with Gasteiger partial charge < -0.3 is 10.5 Å². The number of benzene rings is 2. The first-order valence-electron chi connectivity index (χ1n) is 5.87. The van der Waals surface area contributed by atoms with Gasteiger partial charge in [-0.3, -0.25) is 4.79 Å². The van der Waals surface area contributed by atoms with Gasteiger partial charge in [0.05, 0.1) is 11.4 Å². The summed E-state index contributed by atoms with van der Waals surface area (Å²) in [7, 11) is 0. The summed E-state index contributed by atoms with van der Waals surface area (Å²) in [5, 5.41) is 14.8. The zero-order valence-corrected chi connectivity index (χ0v) is 10.5. The molecule has 2 aromatic carbocycles. The van der Waals surface area contributed by atoms with Crippen molar-refractivity contribution in [1.82, 2.24) is 0 Å². The van der Waals surface area contributed by atoms with E-state index in [0.29, 0.717) is 22.5 Å². The maximum absolute atomic E-state index is 12.1. The van der Waals surface area contributed by atoms with Crippen molar-refractivity contribution in [3.63, 3.8) is 0 Å². The molecule has 0 aliphatic carbocycles. The molecular weight excluding hydrogens is 240 g/mol. The molecule has 0 spiro atoms. The monoisotopic (exact) mass is 254 g/mol. The third-order valence-corrected chi connectivity index (χ3v) is 2.75. The first kappa shape index (κ1) is 12.8. The second-order valence-corrected chi connectivity index (χ2v) is 4.05. The van der Waals surface area contributed by atoms with E-state index in [0.717, 1.165) is 0 Å². The van der Waals surface area contributed by atoms with Gasteiger partial charge in [-0.25, -0.2) is 0 Å². The molecule has 2 rings (SSSR count). The number of para-hydroxylation sites is 1. The molecule has 0 atom stereocenters. The third-order valence-electron chi connectivity index (χ3n) is 2.75. The highest BCUT2D eigenvalue weighted by molar-refractivity contribution is 6.10. The second-order valence-electron chi connectivity index (χ2n) is 4.05. The summed E-state index contributed by atoms with van der Waals surface area (Å²) in [4.78, 5) is 12.1. The van der Waals surface area contributed by atoms with Gasteiger partial charge in [-0.1, -0.05) is 41.6 Å². The maximum atomic E-state index is 12.1. The fourth-order valence-electron chi connectivity index (χ4n) is 1.75. The summed E-state index contributed by atoms with van der Waals surface area (Å²) >= 11 is 0. The molecule has 2 N–H and O–H groups in total. The zero-order valence-electron chi connectivity index (χ0n) is 10.5. The smallest absolute Gasteiger partial charge is 0.255 e. The Hall–Kier alpha value is -2.62. The van der Waals surface area contributed by atoms with Crippen LogP contribution >= 0.6 is 0 Å². The summed E-state index contributed by atoms with van der Waals surface area (Å²) in [6, 6.07) is 16.1. The molecule has 96 valence electrons. The predicted molar refractivity (Wildman–Crippen MR) is 74.8 cm³/mol. The van der Waals surface area contributed by atoms with E-state index in [1.165, 1.54) is 0 Å². The molecule has 0 saturated heterocycles. The Kier molecular flexibility index (Phi) is 3.93. The normalized spacial score (nSPS) is 11.1. The lowest BCUT2D eigenvalue weighted by Crippen LogP contribution is -2.14. The van der Waals surface area contributed by atoms with Crippen LogP contribution < -0.4 is 5.32 Å². The molecule has 2 aromatic rings. The zero-order chi connectivity index (χ0) is 13.7. The average molecular weight is 254 g/mol. The van der Waals surface area contributed by atoms with Crippen molar-refractivity contribution in [2.45, 2.75) is 6.92 Å². The number of nitrogens with one attached hydrogen (secondary N) is 1. The lowest BCUT2D eigenvalue weighted by molar-refractivity contribution is 0.102. The number of amides is 1. The van der Waals surface area contributed by atoms with Gasteiger partial charge in [-0.2, -0.15) is 0 Å². The molecule has 0 radical (unpaired) electrons. The Bertz CT molecular complexity index is 607. The summed E-state index contributed by atoms with van der Waals surface area (Å²) in [5.41, 5.74) is 2.33. The van der Waals surface area contributed by atoms with Crippen molar-refractivity contribution < 1.29 is 10.0 Å². The number of hydrogen-bond donors (Lipinski definition) is 2. The molecule has 0 heterocycles. The van der Waals surface area contributed by atoms with Gasteiger partial charge in [0.15, 0.2) is 0 Å². The quantitative estimate of drug-likeness (QED) is 0.502. The van der Waals surface area contributed by atoms with Gasteiger partial charge in [0.2, 0.25) is 0 Å². The van der Waals surface area contributed by atoms with Crippen LogP contribution in [0, 0.1) is 0 Å². The van der Waals surface area contributed by atoms with E-state index in [4.69, 9.17) is 5.21 Å². The van der Waals surface area contributed by atoms with E-state index < -0.39 is 0 Å². The summed E-state index contributed by atoms with van der Waals surface area (Å²) in [6.07, 6.45) is 0. The Balaban J connectivity index is 2.27. The molecule has 0 fully saturated rings. The molecule has 0 aliphatic heterocycles. The van der Waals surface area contributed by atoms with Gasteiger partial charge in [0, 0.05) is 11.1 Å². The van der Waals surface area contributed by atoms with Crippen molar-refractivity contribution >= 4 is 17.3 Å². The van der Waals surface area contributed by atoms with E-state index in [-0.39, 0.29) is 5.91 Å². The molecule has 0 aliphatic rings. The standard InChI is InChI=1S/C15H14N2O2/c1-11(17-19)13-9-5-6-10-14(13)16-15(18)12-7-3-2-4-8-12/h2-10,19H,1H3,(H,16,18). The highest BCUT2D eigenvalue weighted by Crippen LogP contribution is 2.17. The van der Waals surface area contributed by atoms with Crippen LogP contribution in [0.3, 0.4) is 0 Å². The second kappa shape index (κ2) is 5.82. The van der Waals surface area contributed by atoms with Gasteiger partial charge in [-0.15, -0.1) is 0 Å². The van der Waals surface area contributed by atoms with Crippen molar-refractivity contribution in [2.75, 3.05) is 5.32 Å². The van der Waals surface area contributed by atoms with Crippen molar-refractivity contribution in [1.29, 1.82) is 0 Å². The Labute approximate surface area is 111 Å². The Morgan fingerprint density at radius 2 is 1.68 bits per heavy atom. The van der Waals surface area contributed by atoms with E-state index >= 15 is 0 Å². The SMILES string of the molecule is CC(=NO)c1ccccc1NC(=O)c1ccccc1. The Morgan fingerprint density at radius 3 is 2.37 bits per heavy atom. The Morgan fingerprint density at radius 1 is 1.05 bits per heavy atom. The van der Waals surface area contributed by atoms with Crippen LogP contribution in [0.25, 0.3) is 0 Å².